The molecule has 1 saturated carbocycles. The van der Waals surface area contributed by atoms with Crippen LogP contribution in [-0.4, -0.2) is 17.6 Å². The van der Waals surface area contributed by atoms with Crippen molar-refractivity contribution < 1.29 is 0 Å². The lowest BCUT2D eigenvalue weighted by Gasteiger charge is -2.45. The Morgan fingerprint density at radius 2 is 1.88 bits per heavy atom. The molecule has 0 atom stereocenters. The average molecular weight is 339 g/mol. The number of anilines is 1. The maximum absolute atomic E-state index is 6.29. The molecule has 2 aromatic rings. The van der Waals surface area contributed by atoms with Crippen LogP contribution < -0.4 is 16.4 Å². The highest BCUT2D eigenvalue weighted by Gasteiger charge is 2.42. The SMILES string of the molecule is NC1=NC2(CCCCC2)N(c2cccc(-c3cccs3)c2)C(N)=N1. The van der Waals surface area contributed by atoms with Crippen LogP contribution in [-0.2, 0) is 0 Å². The molecule has 1 aromatic heterocycles. The van der Waals surface area contributed by atoms with Gasteiger partial charge < -0.3 is 11.5 Å². The highest BCUT2D eigenvalue weighted by Crippen LogP contribution is 2.40. The quantitative estimate of drug-likeness (QED) is 0.878. The van der Waals surface area contributed by atoms with Crippen molar-refractivity contribution in [2.24, 2.45) is 21.5 Å². The largest absolute Gasteiger partial charge is 0.369 e. The van der Waals surface area contributed by atoms with Gasteiger partial charge in [-0.2, -0.15) is 4.99 Å². The lowest BCUT2D eigenvalue weighted by molar-refractivity contribution is 0.305. The highest BCUT2D eigenvalue weighted by atomic mass is 32.1. The summed E-state index contributed by atoms with van der Waals surface area (Å²) >= 11 is 1.73. The minimum absolute atomic E-state index is 0.292. The molecule has 5 nitrogen and oxygen atoms in total. The van der Waals surface area contributed by atoms with Crippen molar-refractivity contribution in [3.63, 3.8) is 0 Å². The molecule has 124 valence electrons. The molecule has 4 rings (SSSR count). The van der Waals surface area contributed by atoms with Crippen molar-refractivity contribution in [2.75, 3.05) is 4.90 Å². The van der Waals surface area contributed by atoms with Crippen molar-refractivity contribution in [3.05, 3.63) is 41.8 Å². The van der Waals surface area contributed by atoms with Crippen LogP contribution in [0, 0.1) is 0 Å². The van der Waals surface area contributed by atoms with Gasteiger partial charge in [0.25, 0.3) is 0 Å². The van der Waals surface area contributed by atoms with E-state index in [9.17, 15) is 0 Å². The summed E-state index contributed by atoms with van der Waals surface area (Å²) in [5, 5.41) is 2.09. The fourth-order valence-corrected chi connectivity index (χ4v) is 4.46. The maximum atomic E-state index is 6.29. The van der Waals surface area contributed by atoms with Crippen LogP contribution in [0.4, 0.5) is 5.69 Å². The summed E-state index contributed by atoms with van der Waals surface area (Å²) in [5.74, 6) is 0.729. The van der Waals surface area contributed by atoms with Crippen molar-refractivity contribution in [1.82, 2.24) is 0 Å². The number of hydrogen-bond donors (Lipinski definition) is 2. The molecule has 0 amide bonds. The zero-order valence-electron chi connectivity index (χ0n) is 13.5. The Balaban J connectivity index is 1.79. The molecule has 1 aliphatic carbocycles. The third-order valence-corrected chi connectivity index (χ3v) is 5.68. The van der Waals surface area contributed by atoms with Gasteiger partial charge in [-0.3, -0.25) is 4.90 Å². The molecule has 1 aromatic carbocycles. The summed E-state index contributed by atoms with van der Waals surface area (Å²) in [5.41, 5.74) is 14.1. The fourth-order valence-electron chi connectivity index (χ4n) is 3.74. The lowest BCUT2D eigenvalue weighted by atomic mass is 9.87. The number of hydrogen-bond acceptors (Lipinski definition) is 6. The molecule has 6 heteroatoms. The second kappa shape index (κ2) is 5.94. The molecule has 2 aliphatic rings. The Hall–Kier alpha value is -2.34. The highest BCUT2D eigenvalue weighted by molar-refractivity contribution is 7.13. The second-order valence-electron chi connectivity index (χ2n) is 6.35. The van der Waals surface area contributed by atoms with Crippen molar-refractivity contribution in [3.8, 4) is 10.4 Å². The van der Waals surface area contributed by atoms with E-state index < -0.39 is 0 Å². The molecule has 24 heavy (non-hydrogen) atoms. The average Bonchev–Trinajstić information content (AvgIpc) is 3.09. The summed E-state index contributed by atoms with van der Waals surface area (Å²) in [6.45, 7) is 0. The van der Waals surface area contributed by atoms with Crippen LogP contribution in [0.5, 0.6) is 0 Å². The number of aliphatic imine (C=N–C) groups is 2. The first-order valence-corrected chi connectivity index (χ1v) is 9.20. The summed E-state index contributed by atoms with van der Waals surface area (Å²) < 4.78 is 0. The number of thiophene rings is 1. The van der Waals surface area contributed by atoms with E-state index in [1.807, 2.05) is 0 Å². The third-order valence-electron chi connectivity index (χ3n) is 4.76. The molecule has 0 bridgehead atoms. The number of benzene rings is 1. The Kier molecular flexibility index (Phi) is 3.76. The van der Waals surface area contributed by atoms with Crippen LogP contribution in [0.1, 0.15) is 32.1 Å². The molecule has 0 radical (unpaired) electrons. The van der Waals surface area contributed by atoms with Gasteiger partial charge in [0.15, 0.2) is 0 Å². The predicted molar refractivity (Wildman–Crippen MR) is 101 cm³/mol. The standard InChI is InChI=1S/C18H21N5S/c19-16-21-17(20)23(18(22-16)9-2-1-3-10-18)14-7-4-6-13(12-14)15-8-5-11-24-15/h4-8,11-12H,1-3,9-10H2,(H4,19,20,21,22). The molecule has 1 spiro atoms. The number of nitrogens with two attached hydrogens (primary N) is 2. The normalized spacial score (nSPS) is 19.9. The van der Waals surface area contributed by atoms with Crippen molar-refractivity contribution in [1.29, 1.82) is 0 Å². The predicted octanol–water partition coefficient (Wildman–Crippen LogP) is 3.52. The summed E-state index contributed by atoms with van der Waals surface area (Å²) in [6.07, 6.45) is 5.40. The lowest BCUT2D eigenvalue weighted by Crippen LogP contribution is -2.58. The van der Waals surface area contributed by atoms with Crippen LogP contribution in [0.25, 0.3) is 10.4 Å². The van der Waals surface area contributed by atoms with E-state index in [4.69, 9.17) is 16.5 Å². The first-order valence-electron chi connectivity index (χ1n) is 8.32. The Morgan fingerprint density at radius 3 is 2.62 bits per heavy atom. The first kappa shape index (κ1) is 15.2. The van der Waals surface area contributed by atoms with Crippen LogP contribution >= 0.6 is 11.3 Å². The Morgan fingerprint density at radius 1 is 1.04 bits per heavy atom. The monoisotopic (exact) mass is 339 g/mol. The van der Waals surface area contributed by atoms with Gasteiger partial charge in [0, 0.05) is 10.6 Å². The van der Waals surface area contributed by atoms with Gasteiger partial charge in [0.05, 0.1) is 0 Å². The minimum atomic E-state index is -0.387. The van der Waals surface area contributed by atoms with E-state index in [0.717, 1.165) is 31.4 Å². The zero-order valence-corrected chi connectivity index (χ0v) is 14.3. The van der Waals surface area contributed by atoms with E-state index >= 15 is 0 Å². The van der Waals surface area contributed by atoms with Gasteiger partial charge in [-0.05, 0) is 54.8 Å². The van der Waals surface area contributed by atoms with Gasteiger partial charge in [0.1, 0.15) is 5.66 Å². The second-order valence-corrected chi connectivity index (χ2v) is 7.29. The maximum Gasteiger partial charge on any atom is 0.220 e. The number of guanidine groups is 2. The third kappa shape index (κ3) is 2.57. The van der Waals surface area contributed by atoms with Crippen LogP contribution in [0.3, 0.4) is 0 Å². The van der Waals surface area contributed by atoms with Crippen LogP contribution in [0.2, 0.25) is 0 Å². The first-order chi connectivity index (χ1) is 11.7. The van der Waals surface area contributed by atoms with Gasteiger partial charge in [-0.1, -0.05) is 24.6 Å². The van der Waals surface area contributed by atoms with Gasteiger partial charge in [-0.15, -0.1) is 11.3 Å². The molecular weight excluding hydrogens is 318 g/mol. The van der Waals surface area contributed by atoms with Crippen LogP contribution in [0.15, 0.2) is 51.8 Å². The number of nitrogens with zero attached hydrogens (tertiary/aromatic N) is 3. The van der Waals surface area contributed by atoms with E-state index in [2.05, 4.69) is 51.7 Å². The Bertz CT molecular complexity index is 788. The molecule has 4 N–H and O–H groups in total. The van der Waals surface area contributed by atoms with Crippen molar-refractivity contribution in [2.45, 2.75) is 37.8 Å². The minimum Gasteiger partial charge on any atom is -0.369 e. The number of rotatable bonds is 2. The van der Waals surface area contributed by atoms with Gasteiger partial charge in [-0.25, -0.2) is 4.99 Å². The fraction of sp³-hybridized carbons (Fsp3) is 0.333. The topological polar surface area (TPSA) is 80.0 Å². The smallest absolute Gasteiger partial charge is 0.220 e. The summed E-state index contributed by atoms with van der Waals surface area (Å²) in [7, 11) is 0. The van der Waals surface area contributed by atoms with E-state index in [1.54, 1.807) is 11.3 Å². The molecule has 2 heterocycles. The summed E-state index contributed by atoms with van der Waals surface area (Å²) in [4.78, 5) is 12.3. The molecule has 0 unspecified atom stereocenters. The van der Waals surface area contributed by atoms with E-state index in [1.165, 1.54) is 16.9 Å². The molecule has 1 fully saturated rings. The van der Waals surface area contributed by atoms with E-state index in [0.29, 0.717) is 11.9 Å². The van der Waals surface area contributed by atoms with Crippen molar-refractivity contribution >= 4 is 28.9 Å². The van der Waals surface area contributed by atoms with Gasteiger partial charge >= 0.3 is 0 Å². The van der Waals surface area contributed by atoms with E-state index in [-0.39, 0.29) is 5.66 Å². The zero-order chi connectivity index (χ0) is 16.6. The molecule has 0 saturated heterocycles. The molecule has 1 aliphatic heterocycles. The molecular formula is C18H21N5S. The summed E-state index contributed by atoms with van der Waals surface area (Å²) in [6, 6.07) is 12.6. The Labute approximate surface area is 145 Å². The van der Waals surface area contributed by atoms with Gasteiger partial charge in [0.2, 0.25) is 11.9 Å².